The minimum absolute atomic E-state index is 0.603. The van der Waals surface area contributed by atoms with Gasteiger partial charge in [0.05, 0.1) is 51.0 Å². The first kappa shape index (κ1) is 27.4. The molecule has 0 radical (unpaired) electrons. The molecule has 9 aromatic rings. The van der Waals surface area contributed by atoms with Crippen molar-refractivity contribution in [2.75, 3.05) is 0 Å². The van der Waals surface area contributed by atoms with Gasteiger partial charge in [0.2, 0.25) is 0 Å². The molecule has 0 atom stereocenters. The molecule has 0 fully saturated rings. The quantitative estimate of drug-likeness (QED) is 0.199. The van der Waals surface area contributed by atoms with Crippen molar-refractivity contribution in [2.24, 2.45) is 0 Å². The second-order valence-corrected chi connectivity index (χ2v) is 12.0. The van der Waals surface area contributed by atoms with Gasteiger partial charge < -0.3 is 9.13 Å². The monoisotopic (exact) mass is 610 g/mol. The van der Waals surface area contributed by atoms with Crippen molar-refractivity contribution in [1.29, 1.82) is 10.5 Å². The molecule has 0 bridgehead atoms. The molecule has 0 saturated heterocycles. The molecule has 2 aromatic heterocycles. The summed E-state index contributed by atoms with van der Waals surface area (Å²) in [6.45, 7) is 0. The van der Waals surface area contributed by atoms with E-state index in [9.17, 15) is 10.5 Å². The molecule has 0 saturated carbocycles. The molecule has 0 aliphatic rings. The maximum absolute atomic E-state index is 10.4. The van der Waals surface area contributed by atoms with Gasteiger partial charge in [0, 0.05) is 32.8 Å². The number of nitrogens with zero attached hydrogens (tertiary/aromatic N) is 4. The van der Waals surface area contributed by atoms with Crippen LogP contribution in [0.5, 0.6) is 0 Å². The fraction of sp³-hybridized carbons (Fsp3) is 0. The smallest absolute Gasteiger partial charge is 0.0998 e. The summed E-state index contributed by atoms with van der Waals surface area (Å²) >= 11 is 0. The van der Waals surface area contributed by atoms with Gasteiger partial charge in [0.1, 0.15) is 0 Å². The molecule has 0 N–H and O–H groups in total. The van der Waals surface area contributed by atoms with Gasteiger partial charge in [-0.25, -0.2) is 0 Å². The second kappa shape index (κ2) is 10.9. The van der Waals surface area contributed by atoms with Crippen LogP contribution < -0.4 is 0 Å². The molecule has 48 heavy (non-hydrogen) atoms. The Morgan fingerprint density at radius 2 is 0.979 bits per heavy atom. The second-order valence-electron chi connectivity index (χ2n) is 12.0. The maximum atomic E-state index is 10.4. The fourth-order valence-corrected chi connectivity index (χ4v) is 7.28. The minimum Gasteiger partial charge on any atom is -0.309 e. The highest BCUT2D eigenvalue weighted by Crippen LogP contribution is 2.39. The molecule has 2 heterocycles. The fourth-order valence-electron chi connectivity index (χ4n) is 7.28. The number of fused-ring (bicyclic) bond motifs is 6. The Hall–Kier alpha value is -6.88. The SMILES string of the molecule is N#Cc1ccc2c(c1)c1ccccc1n2-c1cccc(C#N)c1-c1cccc(-c2ccc(-n3c4ccccc4c4ccccc43)cc2)c1. The average Bonchev–Trinajstić information content (AvgIpc) is 3.67. The molecule has 0 amide bonds. The normalized spacial score (nSPS) is 11.3. The molecular formula is C44H26N4. The van der Waals surface area contributed by atoms with Gasteiger partial charge in [0.25, 0.3) is 0 Å². The predicted octanol–water partition coefficient (Wildman–Crippen LogP) is 11.0. The van der Waals surface area contributed by atoms with E-state index in [1.54, 1.807) is 0 Å². The summed E-state index contributed by atoms with van der Waals surface area (Å²) in [6, 6.07) is 59.0. The number of hydrogen-bond donors (Lipinski definition) is 0. The van der Waals surface area contributed by atoms with Crippen LogP contribution in [0.3, 0.4) is 0 Å². The number of hydrogen-bond acceptors (Lipinski definition) is 2. The van der Waals surface area contributed by atoms with Crippen molar-refractivity contribution in [3.63, 3.8) is 0 Å². The van der Waals surface area contributed by atoms with E-state index in [0.29, 0.717) is 11.1 Å². The Balaban J connectivity index is 1.19. The molecule has 9 rings (SSSR count). The van der Waals surface area contributed by atoms with Crippen LogP contribution in [0.1, 0.15) is 11.1 Å². The van der Waals surface area contributed by atoms with Crippen LogP contribution in [0.25, 0.3) is 77.2 Å². The Labute approximate surface area is 277 Å². The maximum Gasteiger partial charge on any atom is 0.0998 e. The van der Waals surface area contributed by atoms with E-state index >= 15 is 0 Å². The van der Waals surface area contributed by atoms with Crippen LogP contribution in [0.15, 0.2) is 158 Å². The number of para-hydroxylation sites is 3. The van der Waals surface area contributed by atoms with Crippen LogP contribution in [0, 0.1) is 22.7 Å². The number of nitriles is 2. The van der Waals surface area contributed by atoms with Crippen LogP contribution >= 0.6 is 0 Å². The lowest BCUT2D eigenvalue weighted by Gasteiger charge is -2.16. The van der Waals surface area contributed by atoms with Gasteiger partial charge in [-0.2, -0.15) is 10.5 Å². The number of benzene rings is 7. The lowest BCUT2D eigenvalue weighted by molar-refractivity contribution is 1.18. The summed E-state index contributed by atoms with van der Waals surface area (Å²) in [5, 5.41) is 24.5. The molecule has 4 heteroatoms. The van der Waals surface area contributed by atoms with E-state index < -0.39 is 0 Å². The van der Waals surface area contributed by atoms with Crippen molar-refractivity contribution >= 4 is 43.6 Å². The zero-order valence-corrected chi connectivity index (χ0v) is 25.8. The van der Waals surface area contributed by atoms with E-state index in [4.69, 9.17) is 0 Å². The highest BCUT2D eigenvalue weighted by atomic mass is 15.0. The molecular weight excluding hydrogens is 585 g/mol. The van der Waals surface area contributed by atoms with Gasteiger partial charge in [-0.05, 0) is 83.4 Å². The highest BCUT2D eigenvalue weighted by molar-refractivity contribution is 6.11. The first-order chi connectivity index (χ1) is 23.7. The third kappa shape index (κ3) is 4.14. The third-order valence-corrected chi connectivity index (χ3v) is 9.40. The van der Waals surface area contributed by atoms with Crippen molar-refractivity contribution in [1.82, 2.24) is 9.13 Å². The molecule has 0 aliphatic carbocycles. The number of aromatic nitrogens is 2. The van der Waals surface area contributed by atoms with Crippen LogP contribution in [-0.2, 0) is 0 Å². The van der Waals surface area contributed by atoms with Crippen molar-refractivity contribution in [2.45, 2.75) is 0 Å². The van der Waals surface area contributed by atoms with Crippen molar-refractivity contribution < 1.29 is 0 Å². The minimum atomic E-state index is 0.603. The summed E-state index contributed by atoms with van der Waals surface area (Å²) < 4.78 is 4.54. The van der Waals surface area contributed by atoms with Gasteiger partial charge in [-0.3, -0.25) is 0 Å². The van der Waals surface area contributed by atoms with Crippen molar-refractivity contribution in [3.05, 3.63) is 169 Å². The molecule has 7 aromatic carbocycles. The van der Waals surface area contributed by atoms with E-state index in [0.717, 1.165) is 55.4 Å². The Kier molecular flexibility index (Phi) is 6.22. The van der Waals surface area contributed by atoms with E-state index in [2.05, 4.69) is 137 Å². The van der Waals surface area contributed by atoms with Crippen LogP contribution in [0.4, 0.5) is 0 Å². The summed E-state index contributed by atoms with van der Waals surface area (Å²) in [4.78, 5) is 0. The summed E-state index contributed by atoms with van der Waals surface area (Å²) in [5.74, 6) is 0. The number of rotatable bonds is 4. The zero-order valence-electron chi connectivity index (χ0n) is 25.8. The molecule has 0 spiro atoms. The van der Waals surface area contributed by atoms with Gasteiger partial charge in [-0.15, -0.1) is 0 Å². The van der Waals surface area contributed by atoms with Gasteiger partial charge in [0.15, 0.2) is 0 Å². The topological polar surface area (TPSA) is 57.4 Å². The zero-order chi connectivity index (χ0) is 32.2. The Morgan fingerprint density at radius 3 is 1.65 bits per heavy atom. The lowest BCUT2D eigenvalue weighted by Crippen LogP contribution is -1.99. The highest BCUT2D eigenvalue weighted by Gasteiger charge is 2.19. The molecule has 4 nitrogen and oxygen atoms in total. The summed E-state index contributed by atoms with van der Waals surface area (Å²) in [7, 11) is 0. The van der Waals surface area contributed by atoms with E-state index in [-0.39, 0.29) is 0 Å². The van der Waals surface area contributed by atoms with Crippen LogP contribution in [-0.4, -0.2) is 9.13 Å². The van der Waals surface area contributed by atoms with Crippen molar-refractivity contribution in [3.8, 4) is 45.8 Å². The summed E-state index contributed by atoms with van der Waals surface area (Å²) in [5.41, 5.74) is 11.6. The van der Waals surface area contributed by atoms with Gasteiger partial charge in [-0.1, -0.05) is 91.0 Å². The molecule has 0 aliphatic heterocycles. The summed E-state index contributed by atoms with van der Waals surface area (Å²) in [6.07, 6.45) is 0. The van der Waals surface area contributed by atoms with E-state index in [1.165, 1.54) is 21.8 Å². The first-order valence-electron chi connectivity index (χ1n) is 15.9. The van der Waals surface area contributed by atoms with E-state index in [1.807, 2.05) is 42.5 Å². The molecule has 0 unspecified atom stereocenters. The van der Waals surface area contributed by atoms with Crippen LogP contribution in [0.2, 0.25) is 0 Å². The Bertz CT molecular complexity index is 2750. The first-order valence-corrected chi connectivity index (χ1v) is 15.9. The standard InChI is InChI=1S/C44H26N4/c45-27-29-19-24-42-38(25-29)37-14-3-6-17-41(37)48(42)43-18-8-11-33(28-46)44(43)32-10-7-9-31(26-32)30-20-22-34(23-21-30)47-39-15-4-1-12-35(39)36-13-2-5-16-40(36)47/h1-26H. The largest absolute Gasteiger partial charge is 0.309 e. The van der Waals surface area contributed by atoms with Gasteiger partial charge >= 0.3 is 0 Å². The lowest BCUT2D eigenvalue weighted by atomic mass is 9.94. The third-order valence-electron chi connectivity index (χ3n) is 9.40. The average molecular weight is 611 g/mol. The Morgan fingerprint density at radius 1 is 0.396 bits per heavy atom. The molecule has 222 valence electrons. The predicted molar refractivity (Wildman–Crippen MR) is 195 cm³/mol.